The fourth-order valence-electron chi connectivity index (χ4n) is 4.94. The molecular weight excluding hydrogens is 458 g/mol. The van der Waals surface area contributed by atoms with Crippen LogP contribution in [-0.2, 0) is 25.9 Å². The summed E-state index contributed by atoms with van der Waals surface area (Å²) in [7, 11) is 0. The number of fused-ring (bicyclic) bond motifs is 1. The minimum absolute atomic E-state index is 0.0661. The number of imidazole rings is 1. The molecule has 0 amide bonds. The van der Waals surface area contributed by atoms with Gasteiger partial charge in [-0.05, 0) is 48.2 Å². The van der Waals surface area contributed by atoms with E-state index in [1.54, 1.807) is 16.8 Å². The zero-order chi connectivity index (χ0) is 24.4. The van der Waals surface area contributed by atoms with Gasteiger partial charge in [0.2, 0.25) is 0 Å². The topological polar surface area (TPSA) is 66.8 Å². The van der Waals surface area contributed by atoms with Crippen molar-refractivity contribution in [1.82, 2.24) is 19.0 Å². The van der Waals surface area contributed by atoms with Gasteiger partial charge in [-0.25, -0.2) is 4.98 Å². The summed E-state index contributed by atoms with van der Waals surface area (Å²) >= 11 is 6.24. The largest absolute Gasteiger partial charge is 0.333 e. The van der Waals surface area contributed by atoms with Crippen LogP contribution in [0.25, 0.3) is 0 Å². The Hall–Kier alpha value is -3.66. The van der Waals surface area contributed by atoms with Gasteiger partial charge in [0.15, 0.2) is 0 Å². The fraction of sp³-hybridized carbons (Fsp3) is 0.250. The molecule has 1 aliphatic heterocycles. The first-order chi connectivity index (χ1) is 17.0. The van der Waals surface area contributed by atoms with Crippen molar-refractivity contribution in [1.29, 1.82) is 5.26 Å². The van der Waals surface area contributed by atoms with Crippen LogP contribution in [0.1, 0.15) is 41.0 Å². The summed E-state index contributed by atoms with van der Waals surface area (Å²) in [4.78, 5) is 19.5. The first-order valence-corrected chi connectivity index (χ1v) is 12.1. The normalized spacial score (nSPS) is 16.4. The molecule has 7 heteroatoms. The second-order valence-electron chi connectivity index (χ2n) is 9.05. The molecule has 0 N–H and O–H groups in total. The van der Waals surface area contributed by atoms with Gasteiger partial charge >= 0.3 is 0 Å². The Balaban J connectivity index is 1.44. The molecule has 1 aliphatic rings. The summed E-state index contributed by atoms with van der Waals surface area (Å²) in [5.74, 6) is 0. The molecule has 2 aromatic carbocycles. The number of nitrogens with zero attached hydrogens (tertiary/aromatic N) is 5. The van der Waals surface area contributed by atoms with Crippen molar-refractivity contribution >= 4 is 11.6 Å². The average Bonchev–Trinajstić information content (AvgIpc) is 3.31. The van der Waals surface area contributed by atoms with Gasteiger partial charge in [0.1, 0.15) is 0 Å². The number of aromatic nitrogens is 3. The van der Waals surface area contributed by atoms with E-state index >= 15 is 0 Å². The van der Waals surface area contributed by atoms with Crippen LogP contribution in [0.5, 0.6) is 0 Å². The number of nitriles is 1. The highest BCUT2D eigenvalue weighted by Crippen LogP contribution is 2.30. The van der Waals surface area contributed by atoms with E-state index in [-0.39, 0.29) is 17.8 Å². The second-order valence-corrected chi connectivity index (χ2v) is 9.48. The zero-order valence-electron chi connectivity index (χ0n) is 19.5. The number of rotatable bonds is 6. The Morgan fingerprint density at radius 1 is 1.11 bits per heavy atom. The average molecular weight is 484 g/mol. The minimum atomic E-state index is -0.162. The van der Waals surface area contributed by atoms with E-state index in [9.17, 15) is 4.79 Å². The Morgan fingerprint density at radius 3 is 2.66 bits per heavy atom. The molecule has 2 aromatic heterocycles. The molecule has 0 radical (unpaired) electrons. The molecule has 0 bridgehead atoms. The van der Waals surface area contributed by atoms with E-state index in [1.807, 2.05) is 36.8 Å². The lowest BCUT2D eigenvalue weighted by molar-refractivity contribution is 0.0657. The summed E-state index contributed by atoms with van der Waals surface area (Å²) in [6, 6.07) is 21.7. The Morgan fingerprint density at radius 2 is 1.89 bits per heavy atom. The van der Waals surface area contributed by atoms with Gasteiger partial charge in [0, 0.05) is 49.7 Å². The highest BCUT2D eigenvalue weighted by atomic mass is 35.5. The summed E-state index contributed by atoms with van der Waals surface area (Å²) in [6.45, 7) is 3.56. The van der Waals surface area contributed by atoms with E-state index in [1.165, 1.54) is 17.2 Å². The van der Waals surface area contributed by atoms with Crippen molar-refractivity contribution in [3.8, 4) is 6.07 Å². The van der Waals surface area contributed by atoms with Crippen LogP contribution in [0.15, 0.2) is 84.2 Å². The van der Waals surface area contributed by atoms with Crippen LogP contribution in [-0.4, -0.2) is 25.1 Å². The first kappa shape index (κ1) is 23.1. The molecular formula is C28H26ClN5O. The lowest BCUT2D eigenvalue weighted by Gasteiger charge is -2.41. The molecule has 1 unspecified atom stereocenters. The Bertz CT molecular complexity index is 1430. The van der Waals surface area contributed by atoms with Gasteiger partial charge in [0.25, 0.3) is 5.56 Å². The van der Waals surface area contributed by atoms with Crippen molar-refractivity contribution in [2.45, 2.75) is 45.1 Å². The Labute approximate surface area is 209 Å². The van der Waals surface area contributed by atoms with Crippen LogP contribution >= 0.6 is 11.6 Å². The van der Waals surface area contributed by atoms with Gasteiger partial charge in [-0.3, -0.25) is 14.3 Å². The van der Waals surface area contributed by atoms with E-state index in [0.717, 1.165) is 37.2 Å². The maximum Gasteiger partial charge on any atom is 0.251 e. The molecule has 0 fully saturated rings. The lowest BCUT2D eigenvalue weighted by atomic mass is 9.93. The highest BCUT2D eigenvalue weighted by Gasteiger charge is 2.31. The highest BCUT2D eigenvalue weighted by molar-refractivity contribution is 6.30. The van der Waals surface area contributed by atoms with Gasteiger partial charge in [-0.15, -0.1) is 0 Å². The summed E-state index contributed by atoms with van der Waals surface area (Å²) < 4.78 is 3.92. The van der Waals surface area contributed by atoms with Crippen LogP contribution in [0.3, 0.4) is 0 Å². The zero-order valence-corrected chi connectivity index (χ0v) is 20.3. The third kappa shape index (κ3) is 4.93. The van der Waals surface area contributed by atoms with Crippen molar-refractivity contribution in [2.24, 2.45) is 0 Å². The first-order valence-electron chi connectivity index (χ1n) is 11.7. The predicted molar refractivity (Wildman–Crippen MR) is 136 cm³/mol. The molecule has 4 aromatic rings. The standard InChI is InChI=1S/C28H26ClN5O/c1-20(34-17-25(29)10-11-28(34)35)33-16-24-5-3-2-4-23(24)13-27(33)18-32-19-31-15-26(32)12-21-6-8-22(14-30)9-7-21/h2-11,15,17,19-20,27H,12-13,16,18H2,1H3/t20?,27-/m0/s1. The molecule has 0 aliphatic carbocycles. The molecule has 176 valence electrons. The number of hydrogen-bond donors (Lipinski definition) is 0. The van der Waals surface area contributed by atoms with Gasteiger partial charge in [-0.2, -0.15) is 5.26 Å². The molecule has 0 saturated carbocycles. The molecule has 0 saturated heterocycles. The molecule has 6 nitrogen and oxygen atoms in total. The SMILES string of the molecule is CC(N1Cc2ccccc2C[C@H]1Cn1cncc1Cc1ccc(C#N)cc1)n1cc(Cl)ccc1=O. The van der Waals surface area contributed by atoms with Crippen molar-refractivity contribution in [3.63, 3.8) is 0 Å². The van der Waals surface area contributed by atoms with Gasteiger partial charge < -0.3 is 4.57 Å². The van der Waals surface area contributed by atoms with Crippen molar-refractivity contribution < 1.29 is 0 Å². The second kappa shape index (κ2) is 9.91. The van der Waals surface area contributed by atoms with Crippen LogP contribution in [0.2, 0.25) is 5.02 Å². The number of halogens is 1. The fourth-order valence-corrected chi connectivity index (χ4v) is 5.10. The van der Waals surface area contributed by atoms with Crippen molar-refractivity contribution in [3.05, 3.63) is 123 Å². The minimum Gasteiger partial charge on any atom is -0.333 e. The monoisotopic (exact) mass is 483 g/mol. The molecule has 2 atom stereocenters. The maximum atomic E-state index is 12.7. The van der Waals surface area contributed by atoms with E-state index in [4.69, 9.17) is 16.9 Å². The molecule has 0 spiro atoms. The van der Waals surface area contributed by atoms with Crippen LogP contribution < -0.4 is 5.56 Å². The summed E-state index contributed by atoms with van der Waals surface area (Å²) in [5.41, 5.74) is 5.46. The summed E-state index contributed by atoms with van der Waals surface area (Å²) in [6.07, 6.45) is 6.96. The third-order valence-electron chi connectivity index (χ3n) is 6.85. The number of pyridine rings is 1. The van der Waals surface area contributed by atoms with Gasteiger partial charge in [-0.1, -0.05) is 48.0 Å². The van der Waals surface area contributed by atoms with Crippen LogP contribution in [0.4, 0.5) is 0 Å². The van der Waals surface area contributed by atoms with Crippen molar-refractivity contribution in [2.75, 3.05) is 0 Å². The molecule has 5 rings (SSSR count). The van der Waals surface area contributed by atoms with E-state index in [2.05, 4.69) is 51.7 Å². The lowest BCUT2D eigenvalue weighted by Crippen LogP contribution is -2.47. The van der Waals surface area contributed by atoms with Crippen LogP contribution in [0, 0.1) is 11.3 Å². The number of benzene rings is 2. The molecule has 3 heterocycles. The van der Waals surface area contributed by atoms with E-state index < -0.39 is 0 Å². The van der Waals surface area contributed by atoms with Gasteiger partial charge in [0.05, 0.1) is 29.1 Å². The quantitative estimate of drug-likeness (QED) is 0.395. The maximum absolute atomic E-state index is 12.7. The van der Waals surface area contributed by atoms with E-state index in [0.29, 0.717) is 10.6 Å². The predicted octanol–water partition coefficient (Wildman–Crippen LogP) is 4.81. The third-order valence-corrected chi connectivity index (χ3v) is 7.08. The number of hydrogen-bond acceptors (Lipinski definition) is 4. The smallest absolute Gasteiger partial charge is 0.251 e. The molecule has 35 heavy (non-hydrogen) atoms. The Kier molecular flexibility index (Phi) is 6.54. The summed E-state index contributed by atoms with van der Waals surface area (Å²) in [5, 5.41) is 9.61.